The van der Waals surface area contributed by atoms with Crippen LogP contribution in [0.15, 0.2) is 48.7 Å². The number of aromatic amines is 1. The number of rotatable bonds is 1. The second kappa shape index (κ2) is 4.33. The zero-order valence-corrected chi connectivity index (χ0v) is 11.0. The lowest BCUT2D eigenvalue weighted by atomic mass is 10.0. The Morgan fingerprint density at radius 1 is 1.11 bits per heavy atom. The molecule has 0 fully saturated rings. The highest BCUT2D eigenvalue weighted by molar-refractivity contribution is 7.93. The van der Waals surface area contributed by atoms with Gasteiger partial charge in [-0.05, 0) is 29.1 Å². The van der Waals surface area contributed by atoms with Crippen LogP contribution in [0.25, 0.3) is 22.0 Å². The van der Waals surface area contributed by atoms with E-state index in [2.05, 4.69) is 52.2 Å². The first-order valence-electron chi connectivity index (χ1n) is 6.17. The van der Waals surface area contributed by atoms with Gasteiger partial charge in [0.25, 0.3) is 0 Å². The topological polar surface area (TPSA) is 37.0 Å². The fraction of sp³-hybridized carbons (Fsp3) is 0.0667. The molecule has 1 aliphatic heterocycles. The third-order valence-corrected chi connectivity index (χ3v) is 3.92. The van der Waals surface area contributed by atoms with Gasteiger partial charge < -0.3 is 9.17 Å². The molecule has 1 aliphatic rings. The summed E-state index contributed by atoms with van der Waals surface area (Å²) in [6, 6.07) is 14.8. The molecule has 94 valence electrons. The van der Waals surface area contributed by atoms with Crippen molar-refractivity contribution in [3.05, 3.63) is 54.2 Å². The molecule has 0 radical (unpaired) electrons. The van der Waals surface area contributed by atoms with E-state index in [1.165, 1.54) is 28.7 Å². The lowest BCUT2D eigenvalue weighted by molar-refractivity contribution is 0.602. The van der Waals surface area contributed by atoms with E-state index in [1.54, 1.807) is 0 Å². The van der Waals surface area contributed by atoms with Crippen LogP contribution in [0.3, 0.4) is 0 Å². The summed E-state index contributed by atoms with van der Waals surface area (Å²) < 4.78 is 8.83. The average molecular weight is 268 g/mol. The smallest absolute Gasteiger partial charge is 0.151 e. The minimum atomic E-state index is 0.834. The Kier molecular flexibility index (Phi) is 2.50. The molecule has 0 aliphatic carbocycles. The third kappa shape index (κ3) is 1.80. The van der Waals surface area contributed by atoms with Gasteiger partial charge in [-0.3, -0.25) is 0 Å². The van der Waals surface area contributed by atoms with E-state index >= 15 is 0 Å². The van der Waals surface area contributed by atoms with Gasteiger partial charge in [-0.1, -0.05) is 24.3 Å². The van der Waals surface area contributed by atoms with Crippen molar-refractivity contribution in [1.82, 2.24) is 9.71 Å². The second-order valence-electron chi connectivity index (χ2n) is 4.56. The molecule has 0 amide bonds. The Labute approximate surface area is 115 Å². The van der Waals surface area contributed by atoms with Crippen molar-refractivity contribution in [3.8, 4) is 16.9 Å². The van der Waals surface area contributed by atoms with Crippen molar-refractivity contribution in [1.29, 1.82) is 0 Å². The first-order valence-corrected chi connectivity index (χ1v) is 6.92. The molecule has 4 rings (SSSR count). The maximum Gasteiger partial charge on any atom is 0.151 e. The lowest BCUT2D eigenvalue weighted by Gasteiger charge is -2.19. The highest BCUT2D eigenvalue weighted by atomic mass is 32.2. The zero-order valence-electron chi connectivity index (χ0n) is 10.1. The summed E-state index contributed by atoms with van der Waals surface area (Å²) in [6.45, 7) is 0.834. The summed E-state index contributed by atoms with van der Waals surface area (Å²) in [5, 5.41) is 1.22. The molecule has 0 bridgehead atoms. The SMILES string of the molecule is c1cc2c(c(-c3ccc4[nH]ccc4c3)c1)OSNC2. The minimum Gasteiger partial charge on any atom is -0.409 e. The second-order valence-corrected chi connectivity index (χ2v) is 5.18. The summed E-state index contributed by atoms with van der Waals surface area (Å²) in [4.78, 5) is 3.22. The van der Waals surface area contributed by atoms with Gasteiger partial charge in [-0.15, -0.1) is 0 Å². The predicted molar refractivity (Wildman–Crippen MR) is 78.8 cm³/mol. The summed E-state index contributed by atoms with van der Waals surface area (Å²) in [5.41, 5.74) is 4.69. The normalized spacial score (nSPS) is 14.1. The average Bonchev–Trinajstić information content (AvgIpc) is 2.94. The fourth-order valence-electron chi connectivity index (χ4n) is 2.45. The van der Waals surface area contributed by atoms with Crippen molar-refractivity contribution >= 4 is 23.1 Å². The first kappa shape index (κ1) is 11.0. The Hall–Kier alpha value is -1.91. The van der Waals surface area contributed by atoms with Crippen molar-refractivity contribution in [2.24, 2.45) is 0 Å². The van der Waals surface area contributed by atoms with Crippen molar-refractivity contribution in [2.45, 2.75) is 6.54 Å². The van der Waals surface area contributed by atoms with Crippen molar-refractivity contribution in [3.63, 3.8) is 0 Å². The maximum absolute atomic E-state index is 5.70. The molecular formula is C15H12N2OS. The van der Waals surface area contributed by atoms with E-state index in [0.29, 0.717) is 0 Å². The van der Waals surface area contributed by atoms with Crippen LogP contribution in [0.1, 0.15) is 5.56 Å². The number of hydrogen-bond acceptors (Lipinski definition) is 3. The van der Waals surface area contributed by atoms with Gasteiger partial charge >= 0.3 is 0 Å². The van der Waals surface area contributed by atoms with Crippen LogP contribution < -0.4 is 8.91 Å². The maximum atomic E-state index is 5.70. The molecule has 2 heterocycles. The quantitative estimate of drug-likeness (QED) is 0.519. The molecule has 3 nitrogen and oxygen atoms in total. The van der Waals surface area contributed by atoms with E-state index in [-0.39, 0.29) is 0 Å². The van der Waals surface area contributed by atoms with Gasteiger partial charge in [0.2, 0.25) is 0 Å². The Morgan fingerprint density at radius 3 is 3.11 bits per heavy atom. The lowest BCUT2D eigenvalue weighted by Crippen LogP contribution is -2.12. The number of nitrogens with one attached hydrogen (secondary N) is 2. The number of hydrogen-bond donors (Lipinski definition) is 2. The summed E-state index contributed by atoms with van der Waals surface area (Å²) >= 11 is 1.30. The number of benzene rings is 2. The number of para-hydroxylation sites is 1. The molecule has 0 atom stereocenters. The molecule has 0 unspecified atom stereocenters. The van der Waals surface area contributed by atoms with Crippen LogP contribution in [0.2, 0.25) is 0 Å². The highest BCUT2D eigenvalue weighted by Gasteiger charge is 2.16. The van der Waals surface area contributed by atoms with E-state index in [9.17, 15) is 0 Å². The van der Waals surface area contributed by atoms with Gasteiger partial charge in [0.15, 0.2) is 5.75 Å². The van der Waals surface area contributed by atoms with Gasteiger partial charge in [0, 0.05) is 29.4 Å². The summed E-state index contributed by atoms with van der Waals surface area (Å²) in [6.07, 6.45) is 1.96. The summed E-state index contributed by atoms with van der Waals surface area (Å²) in [7, 11) is 0. The Bertz CT molecular complexity index is 751. The van der Waals surface area contributed by atoms with Crippen LogP contribution in [-0.4, -0.2) is 4.98 Å². The van der Waals surface area contributed by atoms with Crippen LogP contribution in [0.5, 0.6) is 5.75 Å². The monoisotopic (exact) mass is 268 g/mol. The third-order valence-electron chi connectivity index (χ3n) is 3.41. The van der Waals surface area contributed by atoms with Gasteiger partial charge in [0.1, 0.15) is 12.2 Å². The largest absolute Gasteiger partial charge is 0.409 e. The number of aromatic nitrogens is 1. The van der Waals surface area contributed by atoms with E-state index in [1.807, 2.05) is 6.20 Å². The molecule has 0 spiro atoms. The van der Waals surface area contributed by atoms with Crippen LogP contribution in [0.4, 0.5) is 0 Å². The standard InChI is InChI=1S/C15H12N2OS/c1-2-12-9-17-19-18-15(12)13(3-1)10-4-5-14-11(8-10)6-7-16-14/h1-8,16-17H,9H2. The van der Waals surface area contributed by atoms with E-state index < -0.39 is 0 Å². The zero-order chi connectivity index (χ0) is 12.7. The van der Waals surface area contributed by atoms with Gasteiger partial charge in [-0.2, -0.15) is 0 Å². The molecule has 0 saturated carbocycles. The molecular weight excluding hydrogens is 256 g/mol. The molecule has 3 aromatic rings. The van der Waals surface area contributed by atoms with Crippen LogP contribution in [0, 0.1) is 0 Å². The van der Waals surface area contributed by atoms with Crippen molar-refractivity contribution < 1.29 is 4.18 Å². The Morgan fingerprint density at radius 2 is 2.11 bits per heavy atom. The fourth-order valence-corrected chi connectivity index (χ4v) is 3.00. The Balaban J connectivity index is 1.91. The van der Waals surface area contributed by atoms with Crippen LogP contribution >= 0.6 is 12.2 Å². The van der Waals surface area contributed by atoms with Crippen molar-refractivity contribution in [2.75, 3.05) is 0 Å². The molecule has 1 aromatic heterocycles. The number of H-pyrrole nitrogens is 1. The first-order chi connectivity index (χ1) is 9.42. The van der Waals surface area contributed by atoms with E-state index in [4.69, 9.17) is 4.18 Å². The van der Waals surface area contributed by atoms with Gasteiger partial charge in [0.05, 0.1) is 0 Å². The minimum absolute atomic E-state index is 0.834. The van der Waals surface area contributed by atoms with E-state index in [0.717, 1.165) is 23.4 Å². The summed E-state index contributed by atoms with van der Waals surface area (Å²) in [5.74, 6) is 0.973. The molecule has 0 saturated heterocycles. The highest BCUT2D eigenvalue weighted by Crippen LogP contribution is 2.38. The molecule has 19 heavy (non-hydrogen) atoms. The number of fused-ring (bicyclic) bond motifs is 2. The molecule has 2 aromatic carbocycles. The van der Waals surface area contributed by atoms with Crippen LogP contribution in [-0.2, 0) is 6.54 Å². The van der Waals surface area contributed by atoms with Gasteiger partial charge in [-0.25, -0.2) is 4.72 Å². The molecule has 2 N–H and O–H groups in total. The molecule has 4 heteroatoms. The predicted octanol–water partition coefficient (Wildman–Crippen LogP) is 3.88.